The van der Waals surface area contributed by atoms with Gasteiger partial charge in [-0.05, 0) is 54.2 Å². The van der Waals surface area contributed by atoms with Gasteiger partial charge >= 0.3 is 0 Å². The van der Waals surface area contributed by atoms with E-state index in [2.05, 4.69) is 10.0 Å². The quantitative estimate of drug-likeness (QED) is 0.427. The second kappa shape index (κ2) is 7.77. The molecule has 0 aliphatic carbocycles. The molecule has 3 aromatic carbocycles. The number of amides is 1. The van der Waals surface area contributed by atoms with E-state index in [1.807, 2.05) is 0 Å². The maximum absolute atomic E-state index is 12.5. The maximum atomic E-state index is 12.5. The number of carbonyl (C=O) groups excluding carboxylic acids is 1. The number of nitrogens with two attached hydrogens (primary N) is 1. The van der Waals surface area contributed by atoms with Crippen LogP contribution >= 0.6 is 12.2 Å². The van der Waals surface area contributed by atoms with Crippen LogP contribution < -0.4 is 20.7 Å². The smallest absolute Gasteiger partial charge is 0.265 e. The van der Waals surface area contributed by atoms with Crippen LogP contribution in [0.1, 0.15) is 15.9 Å². The molecule has 1 amide bonds. The van der Waals surface area contributed by atoms with Gasteiger partial charge < -0.3 is 16.0 Å². The van der Waals surface area contributed by atoms with E-state index in [0.717, 1.165) is 5.56 Å². The maximum Gasteiger partial charge on any atom is 0.265 e. The number of hydrogen-bond donors (Lipinski definition) is 3. The van der Waals surface area contributed by atoms with Crippen molar-refractivity contribution in [1.29, 1.82) is 0 Å². The van der Waals surface area contributed by atoms with Gasteiger partial charge in [0.1, 0.15) is 4.90 Å². The fourth-order valence-electron chi connectivity index (χ4n) is 3.15. The standard InChI is InChI=1S/C21H18N4O3S2/c22-16-5-1-2-6-17(16)23-20(26)15-11-9-14(10-12-15)13-25-18-7-3-4-8-19(18)30(27,28)24-21(25)29/h1-12H,13,22H2,(H,23,26)(H,24,29). The molecule has 0 fully saturated rings. The molecule has 0 bridgehead atoms. The highest BCUT2D eigenvalue weighted by Crippen LogP contribution is 2.30. The number of para-hydroxylation sites is 3. The Bertz CT molecular complexity index is 1240. The third-order valence-corrected chi connectivity index (χ3v) is 6.52. The number of fused-ring (bicyclic) bond motifs is 1. The highest BCUT2D eigenvalue weighted by molar-refractivity contribution is 7.92. The Balaban J connectivity index is 1.53. The summed E-state index contributed by atoms with van der Waals surface area (Å²) in [7, 11) is -3.66. The molecule has 0 aromatic heterocycles. The summed E-state index contributed by atoms with van der Waals surface area (Å²) in [6.45, 7) is 0.353. The molecule has 4 N–H and O–H groups in total. The second-order valence-electron chi connectivity index (χ2n) is 6.70. The van der Waals surface area contributed by atoms with E-state index >= 15 is 0 Å². The number of sulfonamides is 1. The van der Waals surface area contributed by atoms with E-state index in [1.54, 1.807) is 71.6 Å². The number of nitrogen functional groups attached to an aromatic ring is 1. The minimum Gasteiger partial charge on any atom is -0.397 e. The lowest BCUT2D eigenvalue weighted by atomic mass is 10.1. The Morgan fingerprint density at radius 1 is 1.00 bits per heavy atom. The molecule has 0 unspecified atom stereocenters. The van der Waals surface area contributed by atoms with Crippen molar-refractivity contribution in [2.45, 2.75) is 11.4 Å². The van der Waals surface area contributed by atoms with Crippen LogP contribution in [0.3, 0.4) is 0 Å². The summed E-state index contributed by atoms with van der Waals surface area (Å²) in [5.41, 5.74) is 8.76. The number of carbonyl (C=O) groups is 1. The number of thiocarbonyl (C=S) groups is 1. The predicted octanol–water partition coefficient (Wildman–Crippen LogP) is 3.10. The zero-order chi connectivity index (χ0) is 21.3. The molecule has 3 aromatic rings. The molecule has 1 aliphatic rings. The Hall–Kier alpha value is -3.43. The molecule has 0 atom stereocenters. The first-order chi connectivity index (χ1) is 14.3. The van der Waals surface area contributed by atoms with E-state index in [4.69, 9.17) is 18.0 Å². The van der Waals surface area contributed by atoms with Gasteiger partial charge in [-0.25, -0.2) is 8.42 Å². The first-order valence-corrected chi connectivity index (χ1v) is 10.9. The lowest BCUT2D eigenvalue weighted by Crippen LogP contribution is -2.47. The number of nitrogens with one attached hydrogen (secondary N) is 2. The zero-order valence-corrected chi connectivity index (χ0v) is 17.3. The first kappa shape index (κ1) is 19.9. The lowest BCUT2D eigenvalue weighted by Gasteiger charge is -2.32. The van der Waals surface area contributed by atoms with E-state index in [-0.39, 0.29) is 15.9 Å². The zero-order valence-electron chi connectivity index (χ0n) is 15.7. The van der Waals surface area contributed by atoms with E-state index < -0.39 is 10.0 Å². The predicted molar refractivity (Wildman–Crippen MR) is 121 cm³/mol. The number of nitrogens with zero attached hydrogens (tertiary/aromatic N) is 1. The summed E-state index contributed by atoms with van der Waals surface area (Å²) in [6, 6.07) is 20.7. The number of hydrogen-bond acceptors (Lipinski definition) is 5. The third kappa shape index (κ3) is 3.85. The molecule has 0 radical (unpaired) electrons. The fraction of sp³-hybridized carbons (Fsp3) is 0.0476. The van der Waals surface area contributed by atoms with Crippen LogP contribution in [0.4, 0.5) is 17.1 Å². The van der Waals surface area contributed by atoms with Crippen molar-refractivity contribution < 1.29 is 13.2 Å². The average molecular weight is 439 g/mol. The van der Waals surface area contributed by atoms with Crippen molar-refractivity contribution in [3.63, 3.8) is 0 Å². The van der Waals surface area contributed by atoms with Crippen LogP contribution in [0.2, 0.25) is 0 Å². The average Bonchev–Trinajstić information content (AvgIpc) is 2.73. The van der Waals surface area contributed by atoms with Gasteiger partial charge in [0, 0.05) is 5.56 Å². The number of anilines is 3. The van der Waals surface area contributed by atoms with Crippen molar-refractivity contribution in [1.82, 2.24) is 4.72 Å². The summed E-state index contributed by atoms with van der Waals surface area (Å²) in [5.74, 6) is -0.272. The minimum absolute atomic E-state index is 0.107. The molecule has 1 aliphatic heterocycles. The normalized spacial score (nSPS) is 14.5. The van der Waals surface area contributed by atoms with Crippen LogP contribution in [-0.4, -0.2) is 19.4 Å². The molecule has 152 valence electrons. The van der Waals surface area contributed by atoms with E-state index in [0.29, 0.717) is 29.2 Å². The molecule has 4 rings (SSSR count). The van der Waals surface area contributed by atoms with Gasteiger partial charge in [-0.15, -0.1) is 0 Å². The Kier molecular flexibility index (Phi) is 5.15. The second-order valence-corrected chi connectivity index (χ2v) is 8.74. The summed E-state index contributed by atoms with van der Waals surface area (Å²) in [4.78, 5) is 14.4. The van der Waals surface area contributed by atoms with Crippen LogP contribution in [-0.2, 0) is 16.6 Å². The SMILES string of the molecule is Nc1ccccc1NC(=O)c1ccc(CN2C(=S)NS(=O)(=O)c3ccccc32)cc1. The highest BCUT2D eigenvalue weighted by Gasteiger charge is 2.31. The third-order valence-electron chi connectivity index (χ3n) is 4.68. The Labute approximate surface area is 179 Å². The molecule has 1 heterocycles. The van der Waals surface area contributed by atoms with Gasteiger partial charge in [0.2, 0.25) is 0 Å². The van der Waals surface area contributed by atoms with E-state index in [1.165, 1.54) is 6.07 Å². The number of benzene rings is 3. The van der Waals surface area contributed by atoms with Gasteiger partial charge in [0.25, 0.3) is 15.9 Å². The molecule has 0 saturated heterocycles. The molecular weight excluding hydrogens is 420 g/mol. The van der Waals surface area contributed by atoms with Crippen molar-refractivity contribution in [3.05, 3.63) is 83.9 Å². The van der Waals surface area contributed by atoms with Crippen LogP contribution in [0, 0.1) is 0 Å². The highest BCUT2D eigenvalue weighted by atomic mass is 32.2. The summed E-state index contributed by atoms with van der Waals surface area (Å²) >= 11 is 5.26. The van der Waals surface area contributed by atoms with Crippen molar-refractivity contribution in [2.75, 3.05) is 16.0 Å². The molecule has 30 heavy (non-hydrogen) atoms. The van der Waals surface area contributed by atoms with Crippen molar-refractivity contribution in [3.8, 4) is 0 Å². The largest absolute Gasteiger partial charge is 0.397 e. The fourth-order valence-corrected chi connectivity index (χ4v) is 4.80. The van der Waals surface area contributed by atoms with Crippen molar-refractivity contribution >= 4 is 50.3 Å². The van der Waals surface area contributed by atoms with E-state index in [9.17, 15) is 13.2 Å². The molecule has 0 spiro atoms. The van der Waals surface area contributed by atoms with Gasteiger partial charge in [-0.2, -0.15) is 0 Å². The van der Waals surface area contributed by atoms with Gasteiger partial charge in [-0.3, -0.25) is 9.52 Å². The Morgan fingerprint density at radius 2 is 1.67 bits per heavy atom. The first-order valence-electron chi connectivity index (χ1n) is 9.03. The van der Waals surface area contributed by atoms with Crippen LogP contribution in [0.5, 0.6) is 0 Å². The van der Waals surface area contributed by atoms with Gasteiger partial charge in [0.05, 0.1) is 23.6 Å². The summed E-state index contributed by atoms with van der Waals surface area (Å²) < 4.78 is 27.0. The van der Waals surface area contributed by atoms with Crippen molar-refractivity contribution in [2.24, 2.45) is 0 Å². The monoisotopic (exact) mass is 438 g/mol. The van der Waals surface area contributed by atoms with Crippen LogP contribution in [0.15, 0.2) is 77.7 Å². The molecule has 0 saturated carbocycles. The topological polar surface area (TPSA) is 105 Å². The minimum atomic E-state index is -3.66. The summed E-state index contributed by atoms with van der Waals surface area (Å²) in [5, 5.41) is 2.89. The van der Waals surface area contributed by atoms with Crippen LogP contribution in [0.25, 0.3) is 0 Å². The summed E-state index contributed by atoms with van der Waals surface area (Å²) in [6.07, 6.45) is 0. The van der Waals surface area contributed by atoms with Gasteiger partial charge in [0.15, 0.2) is 5.11 Å². The Morgan fingerprint density at radius 3 is 2.40 bits per heavy atom. The van der Waals surface area contributed by atoms with Gasteiger partial charge in [-0.1, -0.05) is 36.4 Å². The molecule has 7 nitrogen and oxygen atoms in total. The molecular formula is C21H18N4O3S2. The lowest BCUT2D eigenvalue weighted by molar-refractivity contribution is 0.102. The number of rotatable bonds is 4. The molecule has 9 heteroatoms.